The average molecular weight is 261 g/mol. The molecular formula is C13H12FN3O2. The molecule has 0 bridgehead atoms. The lowest BCUT2D eigenvalue weighted by atomic mass is 10.1. The van der Waals surface area contributed by atoms with Crippen LogP contribution in [0.15, 0.2) is 36.7 Å². The molecule has 5 nitrogen and oxygen atoms in total. The number of pyridine rings is 1. The summed E-state index contributed by atoms with van der Waals surface area (Å²) in [4.78, 5) is 14.3. The zero-order valence-corrected chi connectivity index (χ0v) is 10.3. The molecule has 6 heteroatoms. The molecule has 2 aromatic rings. The zero-order chi connectivity index (χ0) is 13.8. The van der Waals surface area contributed by atoms with E-state index in [1.54, 1.807) is 12.4 Å². The van der Waals surface area contributed by atoms with Gasteiger partial charge in [0.2, 0.25) is 0 Å². The normalized spacial score (nSPS) is 10.2. The Hall–Kier alpha value is -2.50. The molecule has 2 rings (SSSR count). The monoisotopic (exact) mass is 261 g/mol. The number of aryl methyl sites for hydroxylation is 1. The van der Waals surface area contributed by atoms with Crippen molar-refractivity contribution < 1.29 is 9.31 Å². The van der Waals surface area contributed by atoms with Crippen molar-refractivity contribution in [2.75, 3.05) is 5.32 Å². The number of benzene rings is 1. The van der Waals surface area contributed by atoms with E-state index in [2.05, 4.69) is 10.3 Å². The number of halogens is 1. The van der Waals surface area contributed by atoms with Crippen LogP contribution >= 0.6 is 0 Å². The Morgan fingerprint density at radius 1 is 1.42 bits per heavy atom. The Morgan fingerprint density at radius 3 is 2.89 bits per heavy atom. The summed E-state index contributed by atoms with van der Waals surface area (Å²) >= 11 is 0. The van der Waals surface area contributed by atoms with Gasteiger partial charge in [0.15, 0.2) is 0 Å². The molecule has 0 aliphatic rings. The fourth-order valence-corrected chi connectivity index (χ4v) is 1.70. The highest BCUT2D eigenvalue weighted by Gasteiger charge is 2.14. The highest BCUT2D eigenvalue weighted by atomic mass is 19.1. The lowest BCUT2D eigenvalue weighted by Crippen LogP contribution is -2.04. The van der Waals surface area contributed by atoms with Crippen LogP contribution in [0.25, 0.3) is 0 Å². The second-order valence-corrected chi connectivity index (χ2v) is 4.07. The molecule has 19 heavy (non-hydrogen) atoms. The molecule has 0 fully saturated rings. The van der Waals surface area contributed by atoms with Gasteiger partial charge in [0.1, 0.15) is 11.5 Å². The predicted molar refractivity (Wildman–Crippen MR) is 69.4 cm³/mol. The van der Waals surface area contributed by atoms with Crippen LogP contribution in [-0.2, 0) is 6.54 Å². The van der Waals surface area contributed by atoms with Gasteiger partial charge >= 0.3 is 0 Å². The highest BCUT2D eigenvalue weighted by molar-refractivity contribution is 5.61. The number of nitro benzene ring substituents is 1. The van der Waals surface area contributed by atoms with Crippen molar-refractivity contribution in [3.8, 4) is 0 Å². The fourth-order valence-electron chi connectivity index (χ4n) is 1.70. The quantitative estimate of drug-likeness (QED) is 0.678. The summed E-state index contributed by atoms with van der Waals surface area (Å²) in [5, 5.41) is 13.7. The van der Waals surface area contributed by atoms with Gasteiger partial charge in [-0.15, -0.1) is 0 Å². The number of rotatable bonds is 4. The average Bonchev–Trinajstić information content (AvgIpc) is 2.37. The van der Waals surface area contributed by atoms with Crippen LogP contribution in [0.1, 0.15) is 11.1 Å². The van der Waals surface area contributed by atoms with Gasteiger partial charge in [-0.1, -0.05) is 0 Å². The van der Waals surface area contributed by atoms with Gasteiger partial charge in [0, 0.05) is 31.1 Å². The molecule has 0 amide bonds. The molecule has 0 saturated heterocycles. The van der Waals surface area contributed by atoms with Gasteiger partial charge in [-0.2, -0.15) is 0 Å². The number of nitrogens with one attached hydrogen (secondary N) is 1. The van der Waals surface area contributed by atoms with Crippen LogP contribution in [-0.4, -0.2) is 9.91 Å². The van der Waals surface area contributed by atoms with Crippen molar-refractivity contribution in [3.63, 3.8) is 0 Å². The maximum atomic E-state index is 13.1. The van der Waals surface area contributed by atoms with Gasteiger partial charge in [0.25, 0.3) is 5.69 Å². The second-order valence-electron chi connectivity index (χ2n) is 4.07. The maximum absolute atomic E-state index is 13.1. The van der Waals surface area contributed by atoms with Crippen LogP contribution in [0.3, 0.4) is 0 Å². The minimum absolute atomic E-state index is 0.145. The van der Waals surface area contributed by atoms with E-state index in [-0.39, 0.29) is 11.4 Å². The van der Waals surface area contributed by atoms with E-state index >= 15 is 0 Å². The third kappa shape index (κ3) is 3.04. The van der Waals surface area contributed by atoms with E-state index in [4.69, 9.17) is 0 Å². The van der Waals surface area contributed by atoms with Crippen LogP contribution < -0.4 is 5.32 Å². The molecule has 0 saturated carbocycles. The molecule has 98 valence electrons. The molecule has 0 aliphatic heterocycles. The standard InChI is InChI=1S/C13H12FN3O2/c1-9-7-15-5-4-10(9)8-16-12-6-11(14)2-3-13(12)17(18)19/h2-7,16H,8H2,1H3. The summed E-state index contributed by atoms with van der Waals surface area (Å²) in [7, 11) is 0. The summed E-state index contributed by atoms with van der Waals surface area (Å²) < 4.78 is 13.1. The molecule has 1 aromatic carbocycles. The van der Waals surface area contributed by atoms with Gasteiger partial charge in [0.05, 0.1) is 4.92 Å². The van der Waals surface area contributed by atoms with Crippen molar-refractivity contribution >= 4 is 11.4 Å². The van der Waals surface area contributed by atoms with Crippen molar-refractivity contribution in [1.82, 2.24) is 4.98 Å². The van der Waals surface area contributed by atoms with Gasteiger partial charge in [-0.05, 0) is 30.2 Å². The summed E-state index contributed by atoms with van der Waals surface area (Å²) in [5.41, 5.74) is 1.94. The van der Waals surface area contributed by atoms with Crippen molar-refractivity contribution in [3.05, 3.63) is 63.7 Å². The minimum atomic E-state index is -0.540. The Labute approximate surface area is 109 Å². The van der Waals surface area contributed by atoms with Crippen molar-refractivity contribution in [2.24, 2.45) is 0 Å². The lowest BCUT2D eigenvalue weighted by molar-refractivity contribution is -0.384. The third-order valence-corrected chi connectivity index (χ3v) is 2.76. The first-order chi connectivity index (χ1) is 9.08. The Kier molecular flexibility index (Phi) is 3.70. The zero-order valence-electron chi connectivity index (χ0n) is 10.3. The predicted octanol–water partition coefficient (Wildman–Crippen LogP) is 3.05. The Balaban J connectivity index is 2.22. The van der Waals surface area contributed by atoms with E-state index in [1.807, 2.05) is 13.0 Å². The molecular weight excluding hydrogens is 249 g/mol. The molecule has 1 heterocycles. The Bertz CT molecular complexity index is 617. The van der Waals surface area contributed by atoms with Crippen LogP contribution in [0.2, 0.25) is 0 Å². The molecule has 0 radical (unpaired) electrons. The van der Waals surface area contributed by atoms with Gasteiger partial charge in [-0.3, -0.25) is 15.1 Å². The first kappa shape index (κ1) is 12.9. The smallest absolute Gasteiger partial charge is 0.292 e. The number of aromatic nitrogens is 1. The first-order valence-electron chi connectivity index (χ1n) is 5.65. The number of nitrogens with zero attached hydrogens (tertiary/aromatic N) is 2. The van der Waals surface area contributed by atoms with E-state index < -0.39 is 10.7 Å². The van der Waals surface area contributed by atoms with E-state index in [0.29, 0.717) is 6.54 Å². The number of hydrogen-bond donors (Lipinski definition) is 1. The van der Waals surface area contributed by atoms with E-state index in [9.17, 15) is 14.5 Å². The topological polar surface area (TPSA) is 68.1 Å². The van der Waals surface area contributed by atoms with Gasteiger partial charge in [-0.25, -0.2) is 4.39 Å². The fraction of sp³-hybridized carbons (Fsp3) is 0.154. The summed E-state index contributed by atoms with van der Waals surface area (Å²) in [6.45, 7) is 2.27. The lowest BCUT2D eigenvalue weighted by Gasteiger charge is -2.09. The summed E-state index contributed by atoms with van der Waals surface area (Å²) in [6, 6.07) is 5.15. The molecule has 0 atom stereocenters. The molecule has 0 unspecified atom stereocenters. The number of hydrogen-bond acceptors (Lipinski definition) is 4. The molecule has 0 aliphatic carbocycles. The van der Waals surface area contributed by atoms with Crippen LogP contribution in [0.5, 0.6) is 0 Å². The SMILES string of the molecule is Cc1cnccc1CNc1cc(F)ccc1[N+](=O)[O-]. The van der Waals surface area contributed by atoms with Gasteiger partial charge < -0.3 is 5.32 Å². The number of anilines is 1. The largest absolute Gasteiger partial charge is 0.375 e. The van der Waals surface area contributed by atoms with Crippen LogP contribution in [0.4, 0.5) is 15.8 Å². The first-order valence-corrected chi connectivity index (χ1v) is 5.65. The minimum Gasteiger partial charge on any atom is -0.375 e. The maximum Gasteiger partial charge on any atom is 0.292 e. The van der Waals surface area contributed by atoms with E-state index in [0.717, 1.165) is 29.3 Å². The van der Waals surface area contributed by atoms with E-state index in [1.165, 1.54) is 0 Å². The van der Waals surface area contributed by atoms with Crippen LogP contribution in [0, 0.1) is 22.9 Å². The Morgan fingerprint density at radius 2 is 2.21 bits per heavy atom. The summed E-state index contributed by atoms with van der Waals surface area (Å²) in [5.74, 6) is -0.514. The second kappa shape index (κ2) is 5.43. The highest BCUT2D eigenvalue weighted by Crippen LogP contribution is 2.25. The number of nitro groups is 1. The molecule has 1 aromatic heterocycles. The van der Waals surface area contributed by atoms with Crippen molar-refractivity contribution in [1.29, 1.82) is 0 Å². The molecule has 0 spiro atoms. The van der Waals surface area contributed by atoms with Crippen molar-refractivity contribution in [2.45, 2.75) is 13.5 Å². The summed E-state index contributed by atoms with van der Waals surface area (Å²) in [6.07, 6.45) is 3.35. The third-order valence-electron chi connectivity index (χ3n) is 2.76. The molecule has 1 N–H and O–H groups in total.